The molecule has 3 aromatic rings. The maximum Gasteiger partial charge on any atom is 0.428 e. The number of carbonyl (C=O) groups excluding carboxylic acids is 1. The number of aromatic amines is 1. The van der Waals surface area contributed by atoms with Crippen molar-refractivity contribution in [2.24, 2.45) is 0 Å². The first-order valence-electron chi connectivity index (χ1n) is 10.7. The van der Waals surface area contributed by atoms with Crippen LogP contribution in [0.25, 0.3) is 11.0 Å². The Balaban J connectivity index is 0.000000248. The van der Waals surface area contributed by atoms with Gasteiger partial charge in [0.25, 0.3) is 0 Å². The number of aryl methyl sites for hydroxylation is 1. The van der Waals surface area contributed by atoms with E-state index in [0.717, 1.165) is 10.9 Å². The number of halogens is 1. The Kier molecular flexibility index (Phi) is 10.1. The Bertz CT molecular complexity index is 1040. The van der Waals surface area contributed by atoms with Gasteiger partial charge in [0, 0.05) is 18.3 Å². The van der Waals surface area contributed by atoms with Crippen LogP contribution in [0.1, 0.15) is 32.8 Å². The number of carbonyl (C=O) groups is 1. The van der Waals surface area contributed by atoms with Crippen molar-refractivity contribution in [2.45, 2.75) is 51.4 Å². The number of fused-ring (bicyclic) bond motifs is 1. The highest BCUT2D eigenvalue weighted by molar-refractivity contribution is 6.30. The van der Waals surface area contributed by atoms with Crippen molar-refractivity contribution in [1.29, 1.82) is 0 Å². The number of H-pyrrole nitrogens is 1. The van der Waals surface area contributed by atoms with E-state index in [1.807, 2.05) is 39.0 Å². The molecular formula is C23H32ClN5O5. The number of amides is 1. The number of anilines is 1. The number of aromatic nitrogens is 3. The molecule has 10 nitrogen and oxygen atoms in total. The summed E-state index contributed by atoms with van der Waals surface area (Å²) in [5.41, 5.74) is 4.09. The predicted octanol–water partition coefficient (Wildman–Crippen LogP) is 3.14. The molecule has 2 heterocycles. The number of rotatable bonds is 7. The molecule has 2 unspecified atom stereocenters. The Morgan fingerprint density at radius 3 is 2.47 bits per heavy atom. The Morgan fingerprint density at radius 2 is 1.85 bits per heavy atom. The van der Waals surface area contributed by atoms with Crippen molar-refractivity contribution >= 4 is 34.5 Å². The summed E-state index contributed by atoms with van der Waals surface area (Å²) in [7, 11) is 1.58. The number of nitrogens with one attached hydrogen (secondary N) is 2. The molecule has 0 aliphatic carbocycles. The van der Waals surface area contributed by atoms with Crippen LogP contribution in [-0.4, -0.2) is 72.8 Å². The third kappa shape index (κ3) is 8.79. The zero-order chi connectivity index (χ0) is 25.3. The monoisotopic (exact) mass is 493 g/mol. The van der Waals surface area contributed by atoms with Crippen LogP contribution in [0.4, 0.5) is 10.6 Å². The molecule has 5 N–H and O–H groups in total. The van der Waals surface area contributed by atoms with Crippen LogP contribution in [0.5, 0.6) is 0 Å². The molecule has 3 rings (SSSR count). The summed E-state index contributed by atoms with van der Waals surface area (Å²) in [6.07, 6.45) is 1.83. The second-order valence-corrected chi connectivity index (χ2v) is 9.03. The van der Waals surface area contributed by atoms with Gasteiger partial charge in [0.05, 0.1) is 18.1 Å². The minimum atomic E-state index is -1.06. The van der Waals surface area contributed by atoms with Crippen LogP contribution in [0.2, 0.25) is 5.02 Å². The zero-order valence-electron chi connectivity index (χ0n) is 19.7. The maximum absolute atomic E-state index is 11.8. The number of benzene rings is 1. The van der Waals surface area contributed by atoms with Gasteiger partial charge in [0.15, 0.2) is 5.82 Å². The smallest absolute Gasteiger partial charge is 0.428 e. The topological polar surface area (TPSA) is 144 Å². The SMILES string of the molecule is CN(Nc1ncnc2[nH]ccc12)C(=O)OC(C)(C)C.OCC(O)C(O)CCc1ccc(Cl)cc1. The Hall–Kier alpha value is -2.92. The number of hydrazine groups is 1. The van der Waals surface area contributed by atoms with E-state index in [1.165, 1.54) is 11.3 Å². The van der Waals surface area contributed by atoms with E-state index in [9.17, 15) is 9.90 Å². The largest absolute Gasteiger partial charge is 0.442 e. The number of nitrogens with zero attached hydrogens (tertiary/aromatic N) is 3. The predicted molar refractivity (Wildman–Crippen MR) is 130 cm³/mol. The lowest BCUT2D eigenvalue weighted by atomic mass is 10.0. The van der Waals surface area contributed by atoms with Gasteiger partial charge in [0.1, 0.15) is 23.7 Å². The zero-order valence-corrected chi connectivity index (χ0v) is 20.5. The molecule has 2 atom stereocenters. The molecule has 0 radical (unpaired) electrons. The molecule has 1 amide bonds. The van der Waals surface area contributed by atoms with Crippen LogP contribution >= 0.6 is 11.6 Å². The van der Waals surface area contributed by atoms with Gasteiger partial charge in [-0.05, 0) is 57.4 Å². The first-order chi connectivity index (χ1) is 16.0. The molecule has 0 saturated carbocycles. The summed E-state index contributed by atoms with van der Waals surface area (Å²) < 4.78 is 5.24. The number of aliphatic hydroxyl groups is 3. The first-order valence-corrected chi connectivity index (χ1v) is 11.1. The summed E-state index contributed by atoms with van der Waals surface area (Å²) in [4.78, 5) is 23.0. The summed E-state index contributed by atoms with van der Waals surface area (Å²) in [6, 6.07) is 9.15. The lowest BCUT2D eigenvalue weighted by Gasteiger charge is -2.25. The Morgan fingerprint density at radius 1 is 1.18 bits per heavy atom. The number of aliphatic hydroxyl groups excluding tert-OH is 3. The summed E-state index contributed by atoms with van der Waals surface area (Å²) in [6.45, 7) is 5.02. The molecule has 11 heteroatoms. The third-order valence-electron chi connectivity index (χ3n) is 4.57. The van der Waals surface area contributed by atoms with Crippen LogP contribution < -0.4 is 5.43 Å². The molecule has 0 saturated heterocycles. The highest BCUT2D eigenvalue weighted by Gasteiger charge is 2.20. The number of hydrogen-bond acceptors (Lipinski definition) is 8. The van der Waals surface area contributed by atoms with E-state index in [0.29, 0.717) is 29.3 Å². The van der Waals surface area contributed by atoms with E-state index in [1.54, 1.807) is 25.4 Å². The van der Waals surface area contributed by atoms with Crippen LogP contribution in [0, 0.1) is 0 Å². The van der Waals surface area contributed by atoms with E-state index in [4.69, 9.17) is 26.6 Å². The summed E-state index contributed by atoms with van der Waals surface area (Å²) in [5, 5.41) is 29.9. The average Bonchev–Trinajstić information content (AvgIpc) is 3.27. The molecule has 0 aliphatic rings. The van der Waals surface area contributed by atoms with Gasteiger partial charge in [-0.15, -0.1) is 0 Å². The average molecular weight is 494 g/mol. The molecule has 34 heavy (non-hydrogen) atoms. The first kappa shape index (κ1) is 27.3. The standard InChI is InChI=1S/C12H17N5O2.C11H15ClO3/c1-12(2,3)19-11(18)17(4)16-10-8-5-6-13-9(8)14-7-15-10;12-9-4-1-8(2-5-9)3-6-10(14)11(15)7-13/h5-7H,1-4H3,(H2,13,14,15,16);1-2,4-5,10-11,13-15H,3,6-7H2. The van der Waals surface area contributed by atoms with Gasteiger partial charge < -0.3 is 25.0 Å². The van der Waals surface area contributed by atoms with Crippen molar-refractivity contribution in [1.82, 2.24) is 20.0 Å². The van der Waals surface area contributed by atoms with Gasteiger partial charge in [-0.1, -0.05) is 23.7 Å². The molecule has 1 aromatic carbocycles. The van der Waals surface area contributed by atoms with Crippen LogP contribution in [0.3, 0.4) is 0 Å². The van der Waals surface area contributed by atoms with E-state index in [-0.39, 0.29) is 0 Å². The molecular weight excluding hydrogens is 462 g/mol. The molecule has 0 fully saturated rings. The second kappa shape index (κ2) is 12.5. The lowest BCUT2D eigenvalue weighted by Crippen LogP contribution is -2.37. The van der Waals surface area contributed by atoms with Crippen molar-refractivity contribution in [2.75, 3.05) is 19.1 Å². The van der Waals surface area contributed by atoms with Crippen molar-refractivity contribution in [3.8, 4) is 0 Å². The molecule has 2 aromatic heterocycles. The van der Waals surface area contributed by atoms with Gasteiger partial charge in [-0.3, -0.25) is 5.43 Å². The second-order valence-electron chi connectivity index (χ2n) is 8.60. The molecule has 186 valence electrons. The molecule has 0 bridgehead atoms. The van der Waals surface area contributed by atoms with Gasteiger partial charge in [-0.25, -0.2) is 19.8 Å². The van der Waals surface area contributed by atoms with Crippen LogP contribution in [-0.2, 0) is 11.2 Å². The summed E-state index contributed by atoms with van der Waals surface area (Å²) >= 11 is 5.72. The summed E-state index contributed by atoms with van der Waals surface area (Å²) in [5.74, 6) is 0.541. The fourth-order valence-electron chi connectivity index (χ4n) is 2.78. The van der Waals surface area contributed by atoms with E-state index < -0.39 is 30.5 Å². The van der Waals surface area contributed by atoms with Crippen LogP contribution in [0.15, 0.2) is 42.9 Å². The highest BCUT2D eigenvalue weighted by atomic mass is 35.5. The van der Waals surface area contributed by atoms with Crippen molar-refractivity contribution in [3.63, 3.8) is 0 Å². The fraction of sp³-hybridized carbons (Fsp3) is 0.435. The highest BCUT2D eigenvalue weighted by Crippen LogP contribution is 2.18. The fourth-order valence-corrected chi connectivity index (χ4v) is 2.90. The van der Waals surface area contributed by atoms with E-state index in [2.05, 4.69) is 20.4 Å². The minimum absolute atomic E-state index is 0.415. The molecule has 0 spiro atoms. The number of ether oxygens (including phenoxy) is 1. The molecule has 0 aliphatic heterocycles. The van der Waals surface area contributed by atoms with Gasteiger partial charge >= 0.3 is 6.09 Å². The normalized spacial score (nSPS) is 12.9. The maximum atomic E-state index is 11.8. The van der Waals surface area contributed by atoms with E-state index >= 15 is 0 Å². The van der Waals surface area contributed by atoms with Gasteiger partial charge in [0.2, 0.25) is 0 Å². The van der Waals surface area contributed by atoms with Crippen molar-refractivity contribution in [3.05, 3.63) is 53.4 Å². The van der Waals surface area contributed by atoms with Crippen molar-refractivity contribution < 1.29 is 24.9 Å². The third-order valence-corrected chi connectivity index (χ3v) is 4.82. The minimum Gasteiger partial charge on any atom is -0.442 e. The Labute approximate surface area is 203 Å². The quantitative estimate of drug-likeness (QED) is 0.316. The number of hydrogen-bond donors (Lipinski definition) is 5. The lowest BCUT2D eigenvalue weighted by molar-refractivity contribution is -0.0172. The van der Waals surface area contributed by atoms with Gasteiger partial charge in [-0.2, -0.15) is 0 Å².